The summed E-state index contributed by atoms with van der Waals surface area (Å²) >= 11 is 5.99. The summed E-state index contributed by atoms with van der Waals surface area (Å²) in [4.78, 5) is 27.9. The lowest BCUT2D eigenvalue weighted by Crippen LogP contribution is -2.41. The fourth-order valence-electron chi connectivity index (χ4n) is 15.4. The third kappa shape index (κ3) is 11.7. The zero-order chi connectivity index (χ0) is 70.4. The van der Waals surface area contributed by atoms with Crippen LogP contribution >= 0.6 is 11.6 Å². The zero-order valence-electron chi connectivity index (χ0n) is 57.9. The van der Waals surface area contributed by atoms with Crippen molar-refractivity contribution >= 4 is 45.7 Å². The summed E-state index contributed by atoms with van der Waals surface area (Å²) in [6.45, 7) is 8.44. The molecule has 1 aliphatic heterocycles. The molecule has 14 aromatic carbocycles. The molecular weight excluding hydrogens is 1290 g/mol. The van der Waals surface area contributed by atoms with Gasteiger partial charge in [-0.15, -0.1) is 0 Å². The molecule has 0 amide bonds. The molecule has 2 unspecified atom stereocenters. The molecule has 498 valence electrons. The summed E-state index contributed by atoms with van der Waals surface area (Å²) in [5, 5.41) is 5.14. The molecule has 1 fully saturated rings. The highest BCUT2D eigenvalue weighted by molar-refractivity contribution is 6.62. The molecule has 2 atom stereocenters. The van der Waals surface area contributed by atoms with Gasteiger partial charge in [0.1, 0.15) is 0 Å². The molecular formula is C94H70BClN6O2. The van der Waals surface area contributed by atoms with Gasteiger partial charge in [0.15, 0.2) is 29.1 Å². The predicted octanol–water partition coefficient (Wildman–Crippen LogP) is 21.8. The minimum absolute atomic E-state index is 0.202. The van der Waals surface area contributed by atoms with Crippen LogP contribution in [-0.4, -0.2) is 48.2 Å². The fourth-order valence-corrected chi connectivity index (χ4v) is 15.5. The average Bonchev–Trinajstić information content (AvgIpc) is 1.53. The van der Waals surface area contributed by atoms with E-state index in [0.717, 1.165) is 33.3 Å². The van der Waals surface area contributed by atoms with Gasteiger partial charge in [0, 0.05) is 27.8 Å². The molecule has 19 rings (SSSR count). The van der Waals surface area contributed by atoms with Gasteiger partial charge < -0.3 is 9.31 Å². The second-order valence-corrected chi connectivity index (χ2v) is 28.0. The van der Waals surface area contributed by atoms with Crippen LogP contribution in [-0.2, 0) is 20.1 Å². The molecule has 0 bridgehead atoms. The number of hydrogen-bond acceptors (Lipinski definition) is 8. The summed E-state index contributed by atoms with van der Waals surface area (Å²) in [5.41, 5.74) is 19.0. The smallest absolute Gasteiger partial charge is 0.399 e. The van der Waals surface area contributed by atoms with Crippen molar-refractivity contribution in [2.75, 3.05) is 0 Å². The van der Waals surface area contributed by atoms with Crippen LogP contribution < -0.4 is 5.46 Å². The van der Waals surface area contributed by atoms with Crippen molar-refractivity contribution in [1.29, 1.82) is 0 Å². The molecule has 3 heterocycles. The van der Waals surface area contributed by atoms with Gasteiger partial charge in [-0.3, -0.25) is 0 Å². The molecule has 2 aromatic heterocycles. The monoisotopic (exact) mass is 1360 g/mol. The van der Waals surface area contributed by atoms with E-state index in [4.69, 9.17) is 35.9 Å². The van der Waals surface area contributed by atoms with E-state index in [1.54, 1.807) is 0 Å². The maximum absolute atomic E-state index is 6.50. The van der Waals surface area contributed by atoms with Gasteiger partial charge in [0.25, 0.3) is 0 Å². The second-order valence-electron chi connectivity index (χ2n) is 27.6. The summed E-state index contributed by atoms with van der Waals surface area (Å²) in [5.74, 6) is 3.13. The van der Waals surface area contributed by atoms with E-state index in [2.05, 4.69) is 273 Å². The molecule has 2 aliphatic carbocycles. The summed E-state index contributed by atoms with van der Waals surface area (Å²) in [6.07, 6.45) is 0. The van der Waals surface area contributed by atoms with Crippen molar-refractivity contribution in [1.82, 2.24) is 29.9 Å². The predicted molar refractivity (Wildman–Crippen MR) is 424 cm³/mol. The van der Waals surface area contributed by atoms with Gasteiger partial charge in [-0.25, -0.2) is 19.9 Å². The first-order valence-electron chi connectivity index (χ1n) is 35.3. The molecule has 10 heteroatoms. The highest BCUT2D eigenvalue weighted by Gasteiger charge is 2.53. The van der Waals surface area contributed by atoms with Gasteiger partial charge in [-0.05, 0) is 151 Å². The lowest BCUT2D eigenvalue weighted by atomic mass is 9.66. The van der Waals surface area contributed by atoms with Crippen molar-refractivity contribution < 1.29 is 9.31 Å². The van der Waals surface area contributed by atoms with Crippen LogP contribution in [0, 0.1) is 0 Å². The summed E-state index contributed by atoms with van der Waals surface area (Å²) in [7, 11) is -0.418. The Morgan fingerprint density at radius 2 is 0.567 bits per heavy atom. The third-order valence-corrected chi connectivity index (χ3v) is 21.2. The average molecular weight is 1360 g/mol. The van der Waals surface area contributed by atoms with E-state index in [9.17, 15) is 0 Å². The highest BCUT2D eigenvalue weighted by atomic mass is 35.5. The van der Waals surface area contributed by atoms with Crippen LogP contribution in [0.25, 0.3) is 101 Å². The Morgan fingerprint density at radius 1 is 0.250 bits per heavy atom. The van der Waals surface area contributed by atoms with Gasteiger partial charge in [-0.1, -0.05) is 334 Å². The number of hydrogen-bond donors (Lipinski definition) is 0. The normalized spacial score (nSPS) is 16.3. The van der Waals surface area contributed by atoms with E-state index in [1.165, 1.54) is 88.3 Å². The van der Waals surface area contributed by atoms with E-state index in [-0.39, 0.29) is 5.28 Å². The fraction of sp³-hybridized carbons (Fsp3) is 0.0851. The van der Waals surface area contributed by atoms with Crippen molar-refractivity contribution in [2.24, 2.45) is 0 Å². The van der Waals surface area contributed by atoms with Crippen LogP contribution in [0.3, 0.4) is 0 Å². The quantitative estimate of drug-likeness (QED) is 0.125. The van der Waals surface area contributed by atoms with Crippen LogP contribution in [0.5, 0.6) is 0 Å². The minimum atomic E-state index is -0.537. The maximum Gasteiger partial charge on any atom is 0.494 e. The van der Waals surface area contributed by atoms with Gasteiger partial charge in [0.05, 0.1) is 22.0 Å². The molecule has 0 radical (unpaired) electrons. The minimum Gasteiger partial charge on any atom is -0.399 e. The molecule has 3 aliphatic rings. The molecule has 0 saturated carbocycles. The Hall–Kier alpha value is -12.1. The molecule has 0 N–H and O–H groups in total. The van der Waals surface area contributed by atoms with Gasteiger partial charge in [0.2, 0.25) is 5.28 Å². The van der Waals surface area contributed by atoms with E-state index in [0.29, 0.717) is 29.1 Å². The van der Waals surface area contributed by atoms with E-state index in [1.807, 2.05) is 121 Å². The number of aromatic nitrogens is 6. The Morgan fingerprint density at radius 3 is 0.981 bits per heavy atom. The first-order valence-corrected chi connectivity index (χ1v) is 35.6. The standard InChI is InChI=1S/C44H29N3.C35H31BO2.C15H10ClN3/c1-4-15-31(16-5-1)41-45-42(32-17-6-2-7-18-32)47-43(46-41)34-25-27-38-37-22-12-13-23-39(37)44(40(38)29-34,35-20-8-3-9-21-35)36-26-24-30-14-10-11-19-33(30)28-36;1-33(2)34(3,4)38-36(37-33)28-20-21-30-29-16-10-11-17-31(29)35(32(30)23-28,26-14-6-5-7-15-26)27-19-18-24-12-8-9-13-25(24)22-27;16-15-18-13(11-7-3-1-4-8-11)17-14(19-15)12-9-5-2-6-10-12/h1-29H;5-23H,1-4H3;1-10H. The summed E-state index contributed by atoms with van der Waals surface area (Å²) < 4.78 is 13.0. The zero-order valence-corrected chi connectivity index (χ0v) is 58.7. The topological polar surface area (TPSA) is 95.8 Å². The number of benzene rings is 14. The Bertz CT molecular complexity index is 5720. The number of fused-ring (bicyclic) bond motifs is 8. The molecule has 8 nitrogen and oxygen atoms in total. The van der Waals surface area contributed by atoms with Crippen molar-refractivity contribution in [3.8, 4) is 79.2 Å². The first-order chi connectivity index (χ1) is 50.9. The molecule has 104 heavy (non-hydrogen) atoms. The SMILES string of the molecule is CC1(C)OB(c2ccc3c(c2)C(c2ccccc2)(c2ccc4ccccc4c2)c2ccccc2-3)OC1(C)C.Clc1nc(-c2ccccc2)nc(-c2ccccc2)n1.c1ccc(-c2nc(-c3ccccc3)nc(-c3ccc4c(c3)C(c3ccccc3)(c3ccc5ccccc5c3)c3ccccc3-4)n2)cc1. The lowest BCUT2D eigenvalue weighted by molar-refractivity contribution is 0.00578. The Labute approximate surface area is 611 Å². The van der Waals surface area contributed by atoms with Crippen molar-refractivity contribution in [2.45, 2.75) is 49.7 Å². The van der Waals surface area contributed by atoms with Crippen LogP contribution in [0.4, 0.5) is 0 Å². The maximum atomic E-state index is 6.50. The van der Waals surface area contributed by atoms with Gasteiger partial charge >= 0.3 is 7.12 Å². The number of nitrogens with zero attached hydrogens (tertiary/aromatic N) is 6. The van der Waals surface area contributed by atoms with Gasteiger partial charge in [-0.2, -0.15) is 9.97 Å². The van der Waals surface area contributed by atoms with E-state index < -0.39 is 29.2 Å². The van der Waals surface area contributed by atoms with Crippen LogP contribution in [0.1, 0.15) is 72.2 Å². The van der Waals surface area contributed by atoms with Crippen LogP contribution in [0.15, 0.2) is 352 Å². The molecule has 1 saturated heterocycles. The first kappa shape index (κ1) is 65.2. The van der Waals surface area contributed by atoms with Crippen molar-refractivity contribution in [3.63, 3.8) is 0 Å². The lowest BCUT2D eigenvalue weighted by Gasteiger charge is -2.34. The third-order valence-electron chi connectivity index (χ3n) is 21.0. The molecule has 16 aromatic rings. The Kier molecular flexibility index (Phi) is 16.9. The van der Waals surface area contributed by atoms with Crippen molar-refractivity contribution in [3.05, 3.63) is 402 Å². The second kappa shape index (κ2) is 27.0. The highest BCUT2D eigenvalue weighted by Crippen LogP contribution is 2.58. The summed E-state index contributed by atoms with van der Waals surface area (Å²) in [6, 6.07) is 124. The number of rotatable bonds is 10. The van der Waals surface area contributed by atoms with E-state index >= 15 is 0 Å². The number of halogens is 1. The Balaban J connectivity index is 0.000000125. The molecule has 0 spiro atoms. The largest absolute Gasteiger partial charge is 0.494 e. The van der Waals surface area contributed by atoms with Crippen LogP contribution in [0.2, 0.25) is 5.28 Å².